The quantitative estimate of drug-likeness (QED) is 0.722. The second-order valence-electron chi connectivity index (χ2n) is 9.19. The Morgan fingerprint density at radius 1 is 1.22 bits per heavy atom. The number of rotatable bonds is 3. The van der Waals surface area contributed by atoms with Gasteiger partial charge in [-0.2, -0.15) is 0 Å². The molecule has 2 saturated heterocycles. The van der Waals surface area contributed by atoms with Crippen LogP contribution in [0.3, 0.4) is 0 Å². The molecule has 0 spiro atoms. The molecule has 168 valence electrons. The zero-order valence-corrected chi connectivity index (χ0v) is 18.1. The molecule has 2 fully saturated rings. The second-order valence-corrected chi connectivity index (χ2v) is 9.19. The monoisotopic (exact) mass is 440 g/mol. The van der Waals surface area contributed by atoms with Gasteiger partial charge in [-0.25, -0.2) is 4.79 Å². The van der Waals surface area contributed by atoms with Crippen LogP contribution >= 0.6 is 0 Å². The van der Waals surface area contributed by atoms with E-state index in [0.29, 0.717) is 42.6 Å². The van der Waals surface area contributed by atoms with Crippen molar-refractivity contribution in [3.63, 3.8) is 0 Å². The fraction of sp³-hybridized carbons (Fsp3) is 0.500. The summed E-state index contributed by atoms with van der Waals surface area (Å²) in [5.41, 5.74) is 1.65. The molecule has 0 amide bonds. The maximum absolute atomic E-state index is 13.1. The molecule has 8 heteroatoms. The van der Waals surface area contributed by atoms with Crippen molar-refractivity contribution >= 4 is 22.7 Å². The average molecular weight is 440 g/mol. The van der Waals surface area contributed by atoms with E-state index in [0.717, 1.165) is 16.5 Å². The second kappa shape index (κ2) is 6.51. The van der Waals surface area contributed by atoms with Crippen LogP contribution in [0.5, 0.6) is 17.2 Å². The van der Waals surface area contributed by atoms with Crippen molar-refractivity contribution in [2.45, 2.75) is 63.6 Å². The molecule has 4 heterocycles. The standard InChI is InChI=1S/C24H24O8/c1-10-6-14(25)19-21-18(10)15(28-3)8-16-20(21)22(30-23(19)27)13-7-11(2)31-24(13,32-16)9-12-4-5-17(26)29-12/h6,8,11-13,22,25H,4-5,7,9H2,1-3H3/t11-,12-,13+,22-,24-/m1/s1. The summed E-state index contributed by atoms with van der Waals surface area (Å²) in [7, 11) is 1.56. The summed E-state index contributed by atoms with van der Waals surface area (Å²) in [5.74, 6) is -1.26. The van der Waals surface area contributed by atoms with Crippen LogP contribution in [0.4, 0.5) is 0 Å². The first-order valence-corrected chi connectivity index (χ1v) is 11.0. The summed E-state index contributed by atoms with van der Waals surface area (Å²) in [6.45, 7) is 3.82. The lowest BCUT2D eigenvalue weighted by Gasteiger charge is -2.45. The van der Waals surface area contributed by atoms with Crippen LogP contribution in [0.15, 0.2) is 12.1 Å². The lowest BCUT2D eigenvalue weighted by Crippen LogP contribution is -2.51. The Hall–Kier alpha value is -3.00. The maximum atomic E-state index is 13.1. The number of esters is 2. The third kappa shape index (κ3) is 2.53. The SMILES string of the molecule is COc1cc2c3c4c(c(O)cc(C)c14)C(=O)O[C@@H]3[C@@H]1C[C@@H](C)O[C@]1(C[C@H]1CCC(=O)O1)O2. The molecule has 32 heavy (non-hydrogen) atoms. The van der Waals surface area contributed by atoms with Gasteiger partial charge in [0.1, 0.15) is 35.0 Å². The summed E-state index contributed by atoms with van der Waals surface area (Å²) in [4.78, 5) is 24.8. The summed E-state index contributed by atoms with van der Waals surface area (Å²) in [6.07, 6.45) is 0.901. The van der Waals surface area contributed by atoms with E-state index < -0.39 is 17.9 Å². The number of hydrogen-bond donors (Lipinski definition) is 1. The van der Waals surface area contributed by atoms with Crippen LogP contribution in [-0.4, -0.2) is 42.1 Å². The van der Waals surface area contributed by atoms with Crippen LogP contribution in [0, 0.1) is 12.8 Å². The summed E-state index contributed by atoms with van der Waals surface area (Å²) >= 11 is 0. The van der Waals surface area contributed by atoms with Gasteiger partial charge in [0.15, 0.2) is 0 Å². The number of cyclic esters (lactones) is 1. The van der Waals surface area contributed by atoms with Gasteiger partial charge >= 0.3 is 11.9 Å². The molecule has 2 aromatic carbocycles. The van der Waals surface area contributed by atoms with Crippen molar-refractivity contribution in [2.24, 2.45) is 5.92 Å². The highest BCUT2D eigenvalue weighted by Crippen LogP contribution is 2.60. The molecule has 0 unspecified atom stereocenters. The Balaban J connectivity index is 1.58. The summed E-state index contributed by atoms with van der Waals surface area (Å²) < 4.78 is 30.0. The molecule has 0 bridgehead atoms. The Bertz CT molecular complexity index is 1190. The van der Waals surface area contributed by atoms with E-state index in [4.69, 9.17) is 23.7 Å². The first kappa shape index (κ1) is 19.7. The molecule has 0 saturated carbocycles. The van der Waals surface area contributed by atoms with Crippen LogP contribution in [-0.2, 0) is 19.0 Å². The molecular formula is C24H24O8. The molecule has 8 nitrogen and oxygen atoms in total. The van der Waals surface area contributed by atoms with Crippen LogP contribution < -0.4 is 9.47 Å². The van der Waals surface area contributed by atoms with Crippen molar-refractivity contribution in [1.29, 1.82) is 0 Å². The molecular weight excluding hydrogens is 416 g/mol. The average Bonchev–Trinajstić information content (AvgIpc) is 3.28. The van der Waals surface area contributed by atoms with E-state index in [-0.39, 0.29) is 35.4 Å². The number of carbonyl (C=O) groups is 2. The smallest absolute Gasteiger partial charge is 0.343 e. The number of hydrogen-bond acceptors (Lipinski definition) is 8. The van der Waals surface area contributed by atoms with Gasteiger partial charge in [0, 0.05) is 28.8 Å². The number of aromatic hydroxyl groups is 1. The largest absolute Gasteiger partial charge is 0.507 e. The third-order valence-corrected chi connectivity index (χ3v) is 7.17. The van der Waals surface area contributed by atoms with Crippen LogP contribution in [0.2, 0.25) is 0 Å². The Morgan fingerprint density at radius 2 is 2.03 bits per heavy atom. The number of methoxy groups -OCH3 is 1. The third-order valence-electron chi connectivity index (χ3n) is 7.17. The minimum atomic E-state index is -1.09. The highest BCUT2D eigenvalue weighted by molar-refractivity contribution is 6.13. The number of benzene rings is 2. The maximum Gasteiger partial charge on any atom is 0.343 e. The molecule has 1 N–H and O–H groups in total. The molecule has 4 aliphatic heterocycles. The lowest BCUT2D eigenvalue weighted by atomic mass is 9.77. The van der Waals surface area contributed by atoms with Gasteiger partial charge in [-0.05, 0) is 38.3 Å². The van der Waals surface area contributed by atoms with Crippen molar-refractivity contribution in [2.75, 3.05) is 7.11 Å². The minimum Gasteiger partial charge on any atom is -0.507 e. The zero-order valence-electron chi connectivity index (χ0n) is 18.1. The van der Waals surface area contributed by atoms with Crippen molar-refractivity contribution < 1.29 is 38.4 Å². The van der Waals surface area contributed by atoms with E-state index in [9.17, 15) is 14.7 Å². The summed E-state index contributed by atoms with van der Waals surface area (Å²) in [5, 5.41) is 12.0. The van der Waals surface area contributed by atoms with Gasteiger partial charge < -0.3 is 28.8 Å². The first-order chi connectivity index (χ1) is 15.3. The normalized spacial score (nSPS) is 32.3. The Labute approximate surface area is 184 Å². The molecule has 4 aliphatic rings. The topological polar surface area (TPSA) is 101 Å². The van der Waals surface area contributed by atoms with Gasteiger partial charge in [-0.3, -0.25) is 4.79 Å². The number of aryl methyl sites for hydroxylation is 1. The molecule has 5 atom stereocenters. The fourth-order valence-electron chi connectivity index (χ4n) is 5.97. The molecule has 0 aromatic heterocycles. The minimum absolute atomic E-state index is 0.125. The van der Waals surface area contributed by atoms with E-state index in [1.807, 2.05) is 13.8 Å². The highest BCUT2D eigenvalue weighted by Gasteiger charge is 2.61. The van der Waals surface area contributed by atoms with Crippen molar-refractivity contribution in [3.8, 4) is 17.2 Å². The van der Waals surface area contributed by atoms with Gasteiger partial charge in [0.05, 0.1) is 25.6 Å². The Morgan fingerprint density at radius 3 is 2.75 bits per heavy atom. The fourth-order valence-corrected chi connectivity index (χ4v) is 5.97. The number of carbonyl (C=O) groups excluding carboxylic acids is 2. The predicted octanol–water partition coefficient (Wildman–Crippen LogP) is 3.68. The van der Waals surface area contributed by atoms with Gasteiger partial charge in [-0.1, -0.05) is 0 Å². The number of phenolic OH excluding ortho intramolecular Hbond substituents is 1. The molecule has 0 aliphatic carbocycles. The first-order valence-electron chi connectivity index (χ1n) is 11.0. The molecule has 0 radical (unpaired) electrons. The van der Waals surface area contributed by atoms with Gasteiger partial charge in [-0.15, -0.1) is 0 Å². The predicted molar refractivity (Wildman–Crippen MR) is 111 cm³/mol. The van der Waals surface area contributed by atoms with Crippen LogP contribution in [0.25, 0.3) is 10.8 Å². The summed E-state index contributed by atoms with van der Waals surface area (Å²) in [6, 6.07) is 3.35. The van der Waals surface area contributed by atoms with Crippen molar-refractivity contribution in [3.05, 3.63) is 28.8 Å². The number of fused-ring (bicyclic) bond motifs is 2. The van der Waals surface area contributed by atoms with E-state index in [1.54, 1.807) is 19.2 Å². The molecule has 6 rings (SSSR count). The van der Waals surface area contributed by atoms with Crippen LogP contribution in [0.1, 0.15) is 60.2 Å². The number of ether oxygens (including phenoxy) is 5. The van der Waals surface area contributed by atoms with E-state index in [1.165, 1.54) is 0 Å². The highest BCUT2D eigenvalue weighted by atomic mass is 16.7. The van der Waals surface area contributed by atoms with Gasteiger partial charge in [0.2, 0.25) is 5.79 Å². The molecule has 2 aromatic rings. The number of phenols is 1. The van der Waals surface area contributed by atoms with Gasteiger partial charge in [0.25, 0.3) is 0 Å². The lowest BCUT2D eigenvalue weighted by molar-refractivity contribution is -0.229. The Kier molecular flexibility index (Phi) is 4.00. The van der Waals surface area contributed by atoms with E-state index in [2.05, 4.69) is 0 Å². The zero-order chi connectivity index (χ0) is 22.4. The van der Waals surface area contributed by atoms with Crippen molar-refractivity contribution in [1.82, 2.24) is 0 Å². The van der Waals surface area contributed by atoms with E-state index >= 15 is 0 Å².